The summed E-state index contributed by atoms with van der Waals surface area (Å²) < 4.78 is 10.2. The van der Waals surface area contributed by atoms with E-state index in [1.54, 1.807) is 45.0 Å². The lowest BCUT2D eigenvalue weighted by Crippen LogP contribution is -2.28. The maximum atomic E-state index is 13.0. The monoisotopic (exact) mass is 392 g/mol. The number of halogens is 1. The Labute approximate surface area is 162 Å². The minimum Gasteiger partial charge on any atom is -0.462 e. The number of H-pyrrole nitrogens is 1. The van der Waals surface area contributed by atoms with Crippen LogP contribution in [0.15, 0.2) is 24.3 Å². The Kier molecular flexibility index (Phi) is 6.74. The zero-order chi connectivity index (χ0) is 20.1. The van der Waals surface area contributed by atoms with Crippen LogP contribution in [0.4, 0.5) is 0 Å². The Morgan fingerprint density at radius 2 is 1.81 bits per heavy atom. The average Bonchev–Trinajstić information content (AvgIpc) is 3.05. The topological polar surface area (TPSA) is 98.4 Å². The van der Waals surface area contributed by atoms with Crippen LogP contribution in [0, 0.1) is 5.92 Å². The molecular formula is C19H21ClN2O5. The number of carbonyl (C=O) groups excluding carboxylic acids is 3. The fraction of sp³-hybridized carbons (Fsp3) is 0.368. The van der Waals surface area contributed by atoms with Gasteiger partial charge in [-0.1, -0.05) is 30.7 Å². The van der Waals surface area contributed by atoms with E-state index in [-0.39, 0.29) is 23.8 Å². The zero-order valence-corrected chi connectivity index (χ0v) is 16.3. The molecule has 0 amide bonds. The molecule has 0 aliphatic carbocycles. The number of rotatable bonds is 7. The lowest BCUT2D eigenvalue weighted by atomic mass is 9.93. The second-order valence-corrected chi connectivity index (χ2v) is 6.45. The number of aromatic nitrogens is 2. The summed E-state index contributed by atoms with van der Waals surface area (Å²) in [7, 11) is 0. The number of ether oxygens (including phenoxy) is 2. The van der Waals surface area contributed by atoms with Gasteiger partial charge in [-0.25, -0.2) is 4.79 Å². The Bertz CT molecular complexity index is 844. The van der Waals surface area contributed by atoms with E-state index < -0.39 is 24.0 Å². The first kappa shape index (κ1) is 20.6. The summed E-state index contributed by atoms with van der Waals surface area (Å²) in [5.74, 6) is -2.11. The van der Waals surface area contributed by atoms with Crippen molar-refractivity contribution in [3.8, 4) is 11.1 Å². The number of carbonyl (C=O) groups is 3. The molecule has 2 rings (SSSR count). The van der Waals surface area contributed by atoms with Crippen molar-refractivity contribution in [2.45, 2.75) is 33.8 Å². The summed E-state index contributed by atoms with van der Waals surface area (Å²) in [5.41, 5.74) is 1.07. The van der Waals surface area contributed by atoms with Gasteiger partial charge in [0.1, 0.15) is 11.8 Å². The molecule has 0 radical (unpaired) electrons. The van der Waals surface area contributed by atoms with E-state index in [0.29, 0.717) is 16.1 Å². The molecule has 2 aromatic rings. The summed E-state index contributed by atoms with van der Waals surface area (Å²) in [5, 5.41) is 7.17. The van der Waals surface area contributed by atoms with Crippen LogP contribution in [0.1, 0.15) is 48.7 Å². The maximum absolute atomic E-state index is 13.0. The van der Waals surface area contributed by atoms with Gasteiger partial charge in [0.25, 0.3) is 0 Å². The van der Waals surface area contributed by atoms with Gasteiger partial charge in [-0.15, -0.1) is 0 Å². The zero-order valence-electron chi connectivity index (χ0n) is 15.5. The highest BCUT2D eigenvalue weighted by molar-refractivity contribution is 6.30. The van der Waals surface area contributed by atoms with Gasteiger partial charge < -0.3 is 9.47 Å². The molecule has 0 aliphatic rings. The van der Waals surface area contributed by atoms with Crippen LogP contribution in [0.5, 0.6) is 0 Å². The SMILES string of the molecule is CCOC(=O)c1[nH]nc(C(=O)C(C)C(C)OC(C)=O)c1-c1ccc(Cl)cc1. The molecule has 0 saturated carbocycles. The molecule has 0 bridgehead atoms. The quantitative estimate of drug-likeness (QED) is 0.570. The van der Waals surface area contributed by atoms with Crippen molar-refractivity contribution in [2.24, 2.45) is 5.92 Å². The van der Waals surface area contributed by atoms with Gasteiger partial charge in [0.2, 0.25) is 0 Å². The predicted octanol–water partition coefficient (Wildman–Crippen LogP) is 3.68. The Morgan fingerprint density at radius 1 is 1.19 bits per heavy atom. The molecule has 1 N–H and O–H groups in total. The summed E-state index contributed by atoms with van der Waals surface area (Å²) in [6.45, 7) is 6.41. The van der Waals surface area contributed by atoms with E-state index in [1.807, 2.05) is 0 Å². The molecular weight excluding hydrogens is 372 g/mol. The molecule has 0 aliphatic heterocycles. The summed E-state index contributed by atoms with van der Waals surface area (Å²) in [6.07, 6.45) is -0.643. The largest absolute Gasteiger partial charge is 0.462 e. The highest BCUT2D eigenvalue weighted by Crippen LogP contribution is 2.30. The molecule has 2 unspecified atom stereocenters. The third-order valence-corrected chi connectivity index (χ3v) is 4.33. The minimum absolute atomic E-state index is 0.0758. The first-order valence-corrected chi connectivity index (χ1v) is 8.86. The van der Waals surface area contributed by atoms with Crippen LogP contribution in [-0.2, 0) is 14.3 Å². The lowest BCUT2D eigenvalue weighted by molar-refractivity contribution is -0.146. The van der Waals surface area contributed by atoms with Crippen molar-refractivity contribution in [2.75, 3.05) is 6.61 Å². The van der Waals surface area contributed by atoms with E-state index in [9.17, 15) is 14.4 Å². The second-order valence-electron chi connectivity index (χ2n) is 6.02. The van der Waals surface area contributed by atoms with Gasteiger partial charge >= 0.3 is 11.9 Å². The Hall–Kier alpha value is -2.67. The molecule has 8 heteroatoms. The van der Waals surface area contributed by atoms with E-state index in [2.05, 4.69) is 10.2 Å². The fourth-order valence-corrected chi connectivity index (χ4v) is 2.69. The highest BCUT2D eigenvalue weighted by Gasteiger charge is 2.31. The number of benzene rings is 1. The molecule has 7 nitrogen and oxygen atoms in total. The molecule has 27 heavy (non-hydrogen) atoms. The first-order chi connectivity index (χ1) is 12.8. The number of Topliss-reactive ketones (excluding diaryl/α,β-unsaturated/α-hetero) is 1. The number of hydrogen-bond acceptors (Lipinski definition) is 6. The van der Waals surface area contributed by atoms with Gasteiger partial charge in [0.15, 0.2) is 11.5 Å². The maximum Gasteiger partial charge on any atom is 0.357 e. The molecule has 0 fully saturated rings. The number of hydrogen-bond donors (Lipinski definition) is 1. The van der Waals surface area contributed by atoms with Crippen molar-refractivity contribution in [3.05, 3.63) is 40.7 Å². The van der Waals surface area contributed by atoms with Gasteiger partial charge in [-0.05, 0) is 31.5 Å². The Balaban J connectivity index is 2.50. The Morgan fingerprint density at radius 3 is 2.37 bits per heavy atom. The van der Waals surface area contributed by atoms with Gasteiger partial charge in [-0.2, -0.15) is 5.10 Å². The van der Waals surface area contributed by atoms with Crippen molar-refractivity contribution in [3.63, 3.8) is 0 Å². The number of nitrogens with zero attached hydrogens (tertiary/aromatic N) is 1. The number of ketones is 1. The third kappa shape index (κ3) is 4.74. The molecule has 1 aromatic heterocycles. The van der Waals surface area contributed by atoms with Crippen LogP contribution in [0.3, 0.4) is 0 Å². The molecule has 1 heterocycles. The van der Waals surface area contributed by atoms with Crippen LogP contribution in [-0.4, -0.2) is 40.6 Å². The first-order valence-electron chi connectivity index (χ1n) is 8.49. The van der Waals surface area contributed by atoms with Crippen LogP contribution >= 0.6 is 11.6 Å². The number of aromatic amines is 1. The third-order valence-electron chi connectivity index (χ3n) is 4.08. The number of esters is 2. The predicted molar refractivity (Wildman–Crippen MR) is 99.7 cm³/mol. The van der Waals surface area contributed by atoms with Gasteiger partial charge in [-0.3, -0.25) is 14.7 Å². The highest BCUT2D eigenvalue weighted by atomic mass is 35.5. The summed E-state index contributed by atoms with van der Waals surface area (Å²) >= 11 is 5.94. The van der Waals surface area contributed by atoms with Gasteiger partial charge in [0.05, 0.1) is 12.5 Å². The fourth-order valence-electron chi connectivity index (χ4n) is 2.56. The van der Waals surface area contributed by atoms with Crippen LogP contribution in [0.2, 0.25) is 5.02 Å². The average molecular weight is 393 g/mol. The molecule has 2 atom stereocenters. The summed E-state index contributed by atoms with van der Waals surface area (Å²) in [4.78, 5) is 36.4. The van der Waals surface area contributed by atoms with Crippen molar-refractivity contribution in [1.29, 1.82) is 0 Å². The second kappa shape index (κ2) is 8.81. The van der Waals surface area contributed by atoms with Crippen molar-refractivity contribution in [1.82, 2.24) is 10.2 Å². The molecule has 0 spiro atoms. The van der Waals surface area contributed by atoms with E-state index in [0.717, 1.165) is 0 Å². The lowest BCUT2D eigenvalue weighted by Gasteiger charge is -2.18. The van der Waals surface area contributed by atoms with E-state index in [4.69, 9.17) is 21.1 Å². The standard InChI is InChI=1S/C19H21ClN2O5/c1-5-26-19(25)17-15(13-6-8-14(20)9-7-13)16(21-22-17)18(24)10(2)11(3)27-12(4)23/h6-11H,5H2,1-4H3,(H,21,22). The van der Waals surface area contributed by atoms with Crippen LogP contribution in [0.25, 0.3) is 11.1 Å². The van der Waals surface area contributed by atoms with Crippen molar-refractivity contribution < 1.29 is 23.9 Å². The van der Waals surface area contributed by atoms with Crippen LogP contribution < -0.4 is 0 Å². The molecule has 1 aromatic carbocycles. The van der Waals surface area contributed by atoms with Gasteiger partial charge in [0, 0.05) is 17.5 Å². The summed E-state index contributed by atoms with van der Waals surface area (Å²) in [6, 6.07) is 6.68. The normalized spacial score (nSPS) is 12.9. The number of nitrogens with one attached hydrogen (secondary N) is 1. The minimum atomic E-state index is -0.654. The van der Waals surface area contributed by atoms with E-state index >= 15 is 0 Å². The smallest absolute Gasteiger partial charge is 0.357 e. The van der Waals surface area contributed by atoms with Crippen molar-refractivity contribution >= 4 is 29.3 Å². The molecule has 144 valence electrons. The van der Waals surface area contributed by atoms with E-state index in [1.165, 1.54) is 6.92 Å². The molecule has 0 saturated heterocycles.